The Morgan fingerprint density at radius 3 is 2.72 bits per heavy atom. The van der Waals surface area contributed by atoms with Crippen molar-refractivity contribution >= 4 is 55.7 Å². The molecule has 2 aromatic rings. The van der Waals surface area contributed by atoms with Crippen LogP contribution in [0.4, 0.5) is 15.3 Å². The number of thiazole rings is 2. The quantitative estimate of drug-likeness (QED) is 0.468. The normalized spacial score (nSPS) is 10.2. The number of ether oxygens (including phenoxy) is 1. The maximum atomic E-state index is 12.0. The van der Waals surface area contributed by atoms with Crippen LogP contribution >= 0.6 is 22.7 Å². The minimum Gasteiger partial charge on any atom is -0.464 e. The molecule has 0 saturated carbocycles. The zero-order valence-electron chi connectivity index (χ0n) is 13.6. The van der Waals surface area contributed by atoms with Crippen LogP contribution in [0.5, 0.6) is 0 Å². The molecule has 0 spiro atoms. The van der Waals surface area contributed by atoms with E-state index < -0.39 is 0 Å². The van der Waals surface area contributed by atoms with Crippen LogP contribution < -0.4 is 16.0 Å². The number of nitrogens with zero attached hydrogens (tertiary/aromatic N) is 2. The molecule has 9 nitrogen and oxygen atoms in total. The van der Waals surface area contributed by atoms with Gasteiger partial charge in [0.15, 0.2) is 10.3 Å². The Balaban J connectivity index is 1.77. The number of carbonyl (C=O) groups excluding carboxylic acids is 3. The van der Waals surface area contributed by atoms with E-state index in [0.717, 1.165) is 5.00 Å². The largest absolute Gasteiger partial charge is 0.464 e. The molecule has 0 aromatic carbocycles. The SMILES string of the molecule is CC(=O)Nc1nc(CC(=O)Nc2ncc(NCCOC(C)=O)s2)cs1. The number of anilines is 3. The predicted molar refractivity (Wildman–Crippen MR) is 96.0 cm³/mol. The van der Waals surface area contributed by atoms with Gasteiger partial charge in [-0.1, -0.05) is 11.3 Å². The van der Waals surface area contributed by atoms with Crippen molar-refractivity contribution < 1.29 is 19.1 Å². The average Bonchev–Trinajstić information content (AvgIpc) is 3.12. The minimum absolute atomic E-state index is 0.0882. The summed E-state index contributed by atoms with van der Waals surface area (Å²) < 4.78 is 4.81. The summed E-state index contributed by atoms with van der Waals surface area (Å²) in [4.78, 5) is 41.9. The fourth-order valence-electron chi connectivity index (χ4n) is 1.71. The molecule has 0 aliphatic rings. The Labute approximate surface area is 151 Å². The van der Waals surface area contributed by atoms with E-state index in [4.69, 9.17) is 4.74 Å². The van der Waals surface area contributed by atoms with Gasteiger partial charge >= 0.3 is 5.97 Å². The molecule has 0 aliphatic carbocycles. The Kier molecular flexibility index (Phi) is 6.83. The summed E-state index contributed by atoms with van der Waals surface area (Å²) in [6.07, 6.45) is 1.68. The standard InChI is InChI=1S/C14H17N5O4S2/c1-8(20)17-14-18-10(7-24-14)5-11(22)19-13-16-6-12(25-13)15-3-4-23-9(2)21/h6-7,15H,3-5H2,1-2H3,(H,16,19,22)(H,17,18,20). The fraction of sp³-hybridized carbons (Fsp3) is 0.357. The molecule has 3 N–H and O–H groups in total. The molecule has 11 heteroatoms. The molecule has 2 amide bonds. The Morgan fingerprint density at radius 2 is 2.00 bits per heavy atom. The number of esters is 1. The van der Waals surface area contributed by atoms with Gasteiger partial charge in [-0.05, 0) is 0 Å². The van der Waals surface area contributed by atoms with Gasteiger partial charge in [-0.3, -0.25) is 14.4 Å². The van der Waals surface area contributed by atoms with Crippen molar-refractivity contribution in [2.45, 2.75) is 20.3 Å². The Hall–Kier alpha value is -2.53. The van der Waals surface area contributed by atoms with E-state index in [1.807, 2.05) is 0 Å². The van der Waals surface area contributed by atoms with E-state index in [9.17, 15) is 14.4 Å². The summed E-state index contributed by atoms with van der Waals surface area (Å²) in [6.45, 7) is 3.46. The van der Waals surface area contributed by atoms with Crippen LogP contribution in [-0.2, 0) is 25.5 Å². The molecule has 0 aliphatic heterocycles. The number of nitrogens with one attached hydrogen (secondary N) is 3. The molecule has 0 saturated heterocycles. The van der Waals surface area contributed by atoms with E-state index in [1.54, 1.807) is 11.6 Å². The van der Waals surface area contributed by atoms with Gasteiger partial charge in [0.05, 0.1) is 18.3 Å². The lowest BCUT2D eigenvalue weighted by Gasteiger charge is -2.02. The molecule has 0 unspecified atom stereocenters. The van der Waals surface area contributed by atoms with Crippen LogP contribution in [0, 0.1) is 0 Å². The molecular weight excluding hydrogens is 366 g/mol. The van der Waals surface area contributed by atoms with Crippen LogP contribution in [0.15, 0.2) is 11.6 Å². The summed E-state index contributed by atoms with van der Waals surface area (Å²) >= 11 is 2.54. The highest BCUT2D eigenvalue weighted by Gasteiger charge is 2.11. The lowest BCUT2D eigenvalue weighted by molar-refractivity contribution is -0.140. The minimum atomic E-state index is -0.331. The topological polar surface area (TPSA) is 122 Å². The molecule has 0 radical (unpaired) electrons. The maximum absolute atomic E-state index is 12.0. The number of rotatable bonds is 8. The summed E-state index contributed by atoms with van der Waals surface area (Å²) in [7, 11) is 0. The second-order valence-electron chi connectivity index (χ2n) is 4.85. The second-order valence-corrected chi connectivity index (χ2v) is 6.74. The first-order valence-corrected chi connectivity index (χ1v) is 8.97. The third-order valence-electron chi connectivity index (χ3n) is 2.64. The van der Waals surface area contributed by atoms with Gasteiger partial charge in [0.2, 0.25) is 11.8 Å². The molecule has 0 fully saturated rings. The number of carbonyl (C=O) groups is 3. The second kappa shape index (κ2) is 9.08. The van der Waals surface area contributed by atoms with Crippen molar-refractivity contribution in [2.24, 2.45) is 0 Å². The van der Waals surface area contributed by atoms with Gasteiger partial charge < -0.3 is 20.7 Å². The zero-order chi connectivity index (χ0) is 18.2. The van der Waals surface area contributed by atoms with Gasteiger partial charge in [0.25, 0.3) is 0 Å². The summed E-state index contributed by atoms with van der Waals surface area (Å²) in [5.74, 6) is -0.787. The highest BCUT2D eigenvalue weighted by molar-refractivity contribution is 7.19. The molecule has 134 valence electrons. The highest BCUT2D eigenvalue weighted by atomic mass is 32.1. The monoisotopic (exact) mass is 383 g/mol. The van der Waals surface area contributed by atoms with Crippen molar-refractivity contribution in [3.05, 3.63) is 17.3 Å². The van der Waals surface area contributed by atoms with Crippen LogP contribution in [-0.4, -0.2) is 40.9 Å². The molecule has 25 heavy (non-hydrogen) atoms. The van der Waals surface area contributed by atoms with E-state index in [-0.39, 0.29) is 30.8 Å². The first-order valence-electron chi connectivity index (χ1n) is 7.27. The smallest absolute Gasteiger partial charge is 0.302 e. The summed E-state index contributed by atoms with van der Waals surface area (Å²) in [5, 5.41) is 11.7. The van der Waals surface area contributed by atoms with Gasteiger partial charge in [0.1, 0.15) is 11.6 Å². The van der Waals surface area contributed by atoms with Crippen molar-refractivity contribution in [2.75, 3.05) is 29.1 Å². The lowest BCUT2D eigenvalue weighted by Crippen LogP contribution is -2.14. The van der Waals surface area contributed by atoms with Gasteiger partial charge in [0, 0.05) is 25.8 Å². The van der Waals surface area contributed by atoms with E-state index in [0.29, 0.717) is 22.5 Å². The highest BCUT2D eigenvalue weighted by Crippen LogP contribution is 2.23. The van der Waals surface area contributed by atoms with Crippen LogP contribution in [0.1, 0.15) is 19.5 Å². The van der Waals surface area contributed by atoms with Crippen LogP contribution in [0.2, 0.25) is 0 Å². The van der Waals surface area contributed by atoms with Gasteiger partial charge in [-0.2, -0.15) is 0 Å². The maximum Gasteiger partial charge on any atom is 0.302 e. The summed E-state index contributed by atoms with van der Waals surface area (Å²) in [6, 6.07) is 0. The average molecular weight is 383 g/mol. The lowest BCUT2D eigenvalue weighted by atomic mass is 10.3. The number of amides is 2. The van der Waals surface area contributed by atoms with Gasteiger partial charge in [-0.15, -0.1) is 11.3 Å². The van der Waals surface area contributed by atoms with Crippen molar-refractivity contribution in [1.29, 1.82) is 0 Å². The van der Waals surface area contributed by atoms with E-state index >= 15 is 0 Å². The third-order valence-corrected chi connectivity index (χ3v) is 4.31. The molecule has 2 aromatic heterocycles. The Morgan fingerprint density at radius 1 is 1.20 bits per heavy atom. The number of hydrogen-bond acceptors (Lipinski definition) is 9. The number of hydrogen-bond donors (Lipinski definition) is 3. The zero-order valence-corrected chi connectivity index (χ0v) is 15.3. The van der Waals surface area contributed by atoms with E-state index in [1.165, 1.54) is 36.5 Å². The Bertz CT molecular complexity index is 758. The van der Waals surface area contributed by atoms with Gasteiger partial charge in [-0.25, -0.2) is 9.97 Å². The van der Waals surface area contributed by atoms with Crippen LogP contribution in [0.3, 0.4) is 0 Å². The molecular formula is C14H17N5O4S2. The van der Waals surface area contributed by atoms with Crippen molar-refractivity contribution in [3.8, 4) is 0 Å². The first-order chi connectivity index (χ1) is 11.9. The van der Waals surface area contributed by atoms with Crippen molar-refractivity contribution in [1.82, 2.24) is 9.97 Å². The first kappa shape index (κ1) is 18.8. The summed E-state index contributed by atoms with van der Waals surface area (Å²) in [5.41, 5.74) is 0.572. The van der Waals surface area contributed by atoms with Crippen LogP contribution in [0.25, 0.3) is 0 Å². The number of aromatic nitrogens is 2. The third kappa shape index (κ3) is 6.85. The molecule has 2 rings (SSSR count). The fourth-order valence-corrected chi connectivity index (χ4v) is 3.22. The molecule has 0 bridgehead atoms. The van der Waals surface area contributed by atoms with Crippen molar-refractivity contribution in [3.63, 3.8) is 0 Å². The predicted octanol–water partition coefficient (Wildman–Crippen LogP) is 1.71. The molecule has 0 atom stereocenters. The molecule has 2 heterocycles. The van der Waals surface area contributed by atoms with E-state index in [2.05, 4.69) is 25.9 Å².